The molecule has 12 heteroatoms. The summed E-state index contributed by atoms with van der Waals surface area (Å²) < 4.78 is 21.2. The van der Waals surface area contributed by atoms with E-state index in [2.05, 4.69) is 46.2 Å². The van der Waals surface area contributed by atoms with Crippen LogP contribution in [0, 0.1) is 0 Å². The highest BCUT2D eigenvalue weighted by Gasteiger charge is 2.14. The number of amides is 2. The highest BCUT2D eigenvalue weighted by molar-refractivity contribution is 9.10. The molecule has 4 N–H and O–H groups in total. The Bertz CT molecular complexity index is 1030. The Kier molecular flexibility index (Phi) is 7.98. The Labute approximate surface area is 184 Å². The molecule has 0 saturated heterocycles. The number of methoxy groups -OCH3 is 1. The Hall–Kier alpha value is -2.44. The third-order valence-electron chi connectivity index (χ3n) is 3.83. The molecule has 0 bridgehead atoms. The molecule has 1 aromatic carbocycles. The lowest BCUT2D eigenvalue weighted by Gasteiger charge is -2.18. The summed E-state index contributed by atoms with van der Waals surface area (Å²) in [6.45, 7) is 3.52. The summed E-state index contributed by atoms with van der Waals surface area (Å²) in [6.07, 6.45) is 3.78. The number of hydrogen-bond donors (Lipinski definition) is 4. The summed E-state index contributed by atoms with van der Waals surface area (Å²) in [5.41, 5.74) is 0.999. The molecule has 2 atom stereocenters. The molecule has 0 aliphatic carbocycles. The van der Waals surface area contributed by atoms with E-state index >= 15 is 0 Å². The van der Waals surface area contributed by atoms with Gasteiger partial charge < -0.3 is 25.8 Å². The van der Waals surface area contributed by atoms with Gasteiger partial charge in [0.1, 0.15) is 11.6 Å². The number of hydrogen-bond acceptors (Lipinski definition) is 8. The first-order valence-electron chi connectivity index (χ1n) is 8.89. The normalized spacial score (nSPS) is 13.2. The Morgan fingerprint density at radius 3 is 2.63 bits per heavy atom. The predicted octanol–water partition coefficient (Wildman–Crippen LogP) is 3.43. The minimum Gasteiger partial charge on any atom is -0.494 e. The zero-order chi connectivity index (χ0) is 22.5. The smallest absolute Gasteiger partial charge is 0.353 e. The van der Waals surface area contributed by atoms with Gasteiger partial charge in [-0.1, -0.05) is 0 Å². The lowest BCUT2D eigenvalue weighted by molar-refractivity contribution is 0.177. The van der Waals surface area contributed by atoms with Gasteiger partial charge in [-0.2, -0.15) is 4.98 Å². The molecule has 1 heterocycles. The van der Waals surface area contributed by atoms with Crippen molar-refractivity contribution in [3.63, 3.8) is 0 Å². The van der Waals surface area contributed by atoms with Crippen molar-refractivity contribution in [1.29, 1.82) is 0 Å². The fraction of sp³-hybridized carbons (Fsp3) is 0.389. The van der Waals surface area contributed by atoms with Crippen LogP contribution in [0.4, 0.5) is 27.9 Å². The average Bonchev–Trinajstić information content (AvgIpc) is 2.64. The number of halogens is 1. The van der Waals surface area contributed by atoms with Crippen molar-refractivity contribution in [1.82, 2.24) is 9.97 Å². The first-order chi connectivity index (χ1) is 14.0. The van der Waals surface area contributed by atoms with Crippen LogP contribution in [0.2, 0.25) is 0 Å². The quantitative estimate of drug-likeness (QED) is 0.453. The van der Waals surface area contributed by atoms with Crippen LogP contribution in [-0.4, -0.2) is 57.1 Å². The van der Waals surface area contributed by atoms with Gasteiger partial charge in [0.2, 0.25) is 5.95 Å². The molecule has 0 aliphatic heterocycles. The molecular weight excluding hydrogens is 476 g/mol. The van der Waals surface area contributed by atoms with E-state index in [9.17, 15) is 14.1 Å². The lowest BCUT2D eigenvalue weighted by Crippen LogP contribution is -2.28. The number of aliphatic hydroxyl groups excluding tert-OH is 1. The molecule has 0 saturated carbocycles. The number of carbonyl (C=O) groups excluding carboxylic acids is 1. The molecule has 0 fully saturated rings. The minimum absolute atomic E-state index is 0.210. The van der Waals surface area contributed by atoms with Crippen molar-refractivity contribution < 1.29 is 18.8 Å². The zero-order valence-corrected chi connectivity index (χ0v) is 19.7. The Morgan fingerprint density at radius 1 is 1.33 bits per heavy atom. The standard InChI is InChI=1S/C18H25BrN6O4S/c1-10(11(2)26)21-16-13(19)9-20-17(24-16)22-12-6-7-14(15(8-12)29-3)23-18(27)25-30(4,5)28/h6-11,26H,1-5H3,(H,23,27)(H2,20,21,22,24)/t10-,11-/m1/s1. The van der Waals surface area contributed by atoms with Gasteiger partial charge in [-0.3, -0.25) is 0 Å². The molecular formula is C18H25BrN6O4S. The summed E-state index contributed by atoms with van der Waals surface area (Å²) in [5.74, 6) is 1.23. The first kappa shape index (κ1) is 23.8. The van der Waals surface area contributed by atoms with Crippen molar-refractivity contribution in [2.24, 2.45) is 4.36 Å². The maximum atomic E-state index is 11.9. The first-order valence-corrected chi connectivity index (χ1v) is 12.0. The maximum Gasteiger partial charge on any atom is 0.353 e. The number of nitrogens with zero attached hydrogens (tertiary/aromatic N) is 3. The van der Waals surface area contributed by atoms with Crippen LogP contribution in [0.3, 0.4) is 0 Å². The summed E-state index contributed by atoms with van der Waals surface area (Å²) in [4.78, 5) is 20.5. The van der Waals surface area contributed by atoms with Crippen LogP contribution >= 0.6 is 15.9 Å². The van der Waals surface area contributed by atoms with Gasteiger partial charge in [-0.05, 0) is 41.9 Å². The molecule has 164 valence electrons. The van der Waals surface area contributed by atoms with Crippen LogP contribution in [0.15, 0.2) is 33.2 Å². The van der Waals surface area contributed by atoms with Gasteiger partial charge in [0.25, 0.3) is 0 Å². The minimum atomic E-state index is -2.57. The maximum absolute atomic E-state index is 11.9. The summed E-state index contributed by atoms with van der Waals surface area (Å²) in [6, 6.07) is 4.04. The van der Waals surface area contributed by atoms with E-state index in [4.69, 9.17) is 4.74 Å². The summed E-state index contributed by atoms with van der Waals surface area (Å²) >= 11 is 3.38. The monoisotopic (exact) mass is 500 g/mol. The van der Waals surface area contributed by atoms with E-state index in [1.165, 1.54) is 19.6 Å². The van der Waals surface area contributed by atoms with Crippen molar-refractivity contribution in [2.75, 3.05) is 35.6 Å². The van der Waals surface area contributed by atoms with Crippen LogP contribution in [0.25, 0.3) is 0 Å². The van der Waals surface area contributed by atoms with Crippen molar-refractivity contribution in [2.45, 2.75) is 26.0 Å². The third kappa shape index (κ3) is 7.11. The number of nitrogens with one attached hydrogen (secondary N) is 3. The third-order valence-corrected chi connectivity index (χ3v) is 5.02. The van der Waals surface area contributed by atoms with Crippen molar-refractivity contribution in [3.8, 4) is 5.75 Å². The molecule has 30 heavy (non-hydrogen) atoms. The molecule has 10 nitrogen and oxygen atoms in total. The second-order valence-electron chi connectivity index (χ2n) is 6.81. The number of ether oxygens (including phenoxy) is 1. The van der Waals surface area contributed by atoms with Crippen LogP contribution in [-0.2, 0) is 9.73 Å². The molecule has 1 aromatic heterocycles. The van der Waals surface area contributed by atoms with Gasteiger partial charge in [0.05, 0.1) is 39.1 Å². The van der Waals surface area contributed by atoms with Gasteiger partial charge in [0, 0.05) is 30.5 Å². The van der Waals surface area contributed by atoms with E-state index in [0.29, 0.717) is 33.4 Å². The van der Waals surface area contributed by atoms with Crippen molar-refractivity contribution in [3.05, 3.63) is 28.9 Å². The van der Waals surface area contributed by atoms with Gasteiger partial charge >= 0.3 is 6.03 Å². The van der Waals surface area contributed by atoms with Crippen LogP contribution in [0.1, 0.15) is 13.8 Å². The second kappa shape index (κ2) is 10.0. The molecule has 2 rings (SSSR count). The van der Waals surface area contributed by atoms with Crippen LogP contribution < -0.4 is 20.7 Å². The van der Waals surface area contributed by atoms with E-state index in [1.807, 2.05) is 6.92 Å². The highest BCUT2D eigenvalue weighted by Crippen LogP contribution is 2.30. The van der Waals surface area contributed by atoms with Crippen molar-refractivity contribution >= 4 is 54.8 Å². The van der Waals surface area contributed by atoms with Gasteiger partial charge in [-0.25, -0.2) is 14.0 Å². The SMILES string of the molecule is COc1cc(Nc2ncc(Br)c(N[C@H](C)[C@@H](C)O)n2)ccc1NC(=O)N=S(C)(C)=O. The fourth-order valence-corrected chi connectivity index (χ4v) is 2.95. The summed E-state index contributed by atoms with van der Waals surface area (Å²) in [5, 5.41) is 18.4. The number of anilines is 4. The van der Waals surface area contributed by atoms with Gasteiger partial charge in [-0.15, -0.1) is 4.36 Å². The van der Waals surface area contributed by atoms with E-state index < -0.39 is 21.9 Å². The van der Waals surface area contributed by atoms with E-state index in [0.717, 1.165) is 0 Å². The molecule has 0 unspecified atom stereocenters. The molecule has 0 aliphatic rings. The largest absolute Gasteiger partial charge is 0.494 e. The molecule has 0 radical (unpaired) electrons. The average molecular weight is 501 g/mol. The van der Waals surface area contributed by atoms with Crippen LogP contribution in [0.5, 0.6) is 5.75 Å². The van der Waals surface area contributed by atoms with E-state index in [-0.39, 0.29) is 6.04 Å². The topological polar surface area (TPSA) is 138 Å². The number of aromatic nitrogens is 2. The Balaban J connectivity index is 2.21. The van der Waals surface area contributed by atoms with Gasteiger partial charge in [0.15, 0.2) is 0 Å². The molecule has 2 amide bonds. The number of aliphatic hydroxyl groups is 1. The lowest BCUT2D eigenvalue weighted by atomic mass is 10.2. The fourth-order valence-electron chi connectivity index (χ4n) is 2.20. The molecule has 2 aromatic rings. The zero-order valence-electron chi connectivity index (χ0n) is 17.3. The highest BCUT2D eigenvalue weighted by atomic mass is 79.9. The Morgan fingerprint density at radius 2 is 2.03 bits per heavy atom. The molecule has 0 spiro atoms. The number of urea groups is 1. The predicted molar refractivity (Wildman–Crippen MR) is 122 cm³/mol. The number of carbonyl (C=O) groups is 1. The van der Waals surface area contributed by atoms with E-state index in [1.54, 1.807) is 31.3 Å². The second-order valence-corrected chi connectivity index (χ2v) is 10.2. The number of rotatable bonds is 7. The number of benzene rings is 1. The summed E-state index contributed by atoms with van der Waals surface area (Å²) in [7, 11) is -1.10.